The van der Waals surface area contributed by atoms with Gasteiger partial charge in [0.15, 0.2) is 0 Å². The van der Waals surface area contributed by atoms with E-state index in [9.17, 15) is 10.1 Å². The standard InChI is InChI=1S/C17H25N5O2/c23-22(24)15-16(18-10-9-14-7-3-1-4-8-14)19-13-20-17(15)21-11-5-2-6-12-21/h7,13H,1-6,8-12H2,(H,18,19,20). The zero-order valence-corrected chi connectivity index (χ0v) is 14.0. The minimum Gasteiger partial charge on any atom is -0.364 e. The molecule has 0 radical (unpaired) electrons. The second-order valence-corrected chi connectivity index (χ2v) is 6.48. The second-order valence-electron chi connectivity index (χ2n) is 6.48. The Morgan fingerprint density at radius 3 is 2.71 bits per heavy atom. The van der Waals surface area contributed by atoms with Crippen molar-refractivity contribution in [3.63, 3.8) is 0 Å². The van der Waals surface area contributed by atoms with Crippen LogP contribution in [-0.2, 0) is 0 Å². The van der Waals surface area contributed by atoms with E-state index in [1.54, 1.807) is 0 Å². The smallest absolute Gasteiger partial charge is 0.353 e. The van der Waals surface area contributed by atoms with Crippen LogP contribution in [0, 0.1) is 10.1 Å². The lowest BCUT2D eigenvalue weighted by molar-refractivity contribution is -0.383. The first-order valence-electron chi connectivity index (χ1n) is 8.92. The maximum Gasteiger partial charge on any atom is 0.353 e. The lowest BCUT2D eigenvalue weighted by atomic mass is 9.97. The Kier molecular flexibility index (Phi) is 5.61. The fraction of sp³-hybridized carbons (Fsp3) is 0.647. The Hall–Kier alpha value is -2.18. The average Bonchev–Trinajstić information content (AvgIpc) is 2.63. The molecule has 1 aliphatic heterocycles. The van der Waals surface area contributed by atoms with E-state index in [-0.39, 0.29) is 10.6 Å². The molecule has 3 rings (SSSR count). The molecule has 0 saturated carbocycles. The molecule has 130 valence electrons. The van der Waals surface area contributed by atoms with E-state index in [1.807, 2.05) is 4.90 Å². The third-order valence-electron chi connectivity index (χ3n) is 4.76. The van der Waals surface area contributed by atoms with E-state index in [2.05, 4.69) is 21.4 Å². The summed E-state index contributed by atoms with van der Waals surface area (Å²) in [5.74, 6) is 0.793. The molecule has 1 aromatic rings. The Morgan fingerprint density at radius 2 is 2.00 bits per heavy atom. The maximum absolute atomic E-state index is 11.6. The highest BCUT2D eigenvalue weighted by Gasteiger charge is 2.27. The Morgan fingerprint density at radius 1 is 1.17 bits per heavy atom. The minimum absolute atomic E-state index is 0.0111. The quantitative estimate of drug-likeness (QED) is 0.486. The van der Waals surface area contributed by atoms with E-state index >= 15 is 0 Å². The lowest BCUT2D eigenvalue weighted by Gasteiger charge is -2.27. The van der Waals surface area contributed by atoms with Crippen molar-refractivity contribution in [1.29, 1.82) is 0 Å². The zero-order chi connectivity index (χ0) is 16.8. The summed E-state index contributed by atoms with van der Waals surface area (Å²) in [5, 5.41) is 14.8. The summed E-state index contributed by atoms with van der Waals surface area (Å²) < 4.78 is 0. The molecule has 0 unspecified atom stereocenters. The first kappa shape index (κ1) is 16.7. The topological polar surface area (TPSA) is 84.2 Å². The molecule has 1 aromatic heterocycles. The van der Waals surface area contributed by atoms with Gasteiger partial charge in [0, 0.05) is 19.6 Å². The summed E-state index contributed by atoms with van der Waals surface area (Å²) in [6.07, 6.45) is 12.8. The van der Waals surface area contributed by atoms with Crippen LogP contribution in [0.3, 0.4) is 0 Å². The first-order valence-corrected chi connectivity index (χ1v) is 8.92. The van der Waals surface area contributed by atoms with Crippen molar-refractivity contribution < 1.29 is 4.92 Å². The van der Waals surface area contributed by atoms with Crippen LogP contribution >= 0.6 is 0 Å². The molecule has 1 fully saturated rings. The van der Waals surface area contributed by atoms with E-state index < -0.39 is 0 Å². The van der Waals surface area contributed by atoms with Gasteiger partial charge >= 0.3 is 5.69 Å². The average molecular weight is 331 g/mol. The molecule has 0 amide bonds. The van der Waals surface area contributed by atoms with Crippen LogP contribution in [0.1, 0.15) is 51.4 Å². The van der Waals surface area contributed by atoms with Gasteiger partial charge in [-0.25, -0.2) is 9.97 Å². The molecule has 1 aliphatic carbocycles. The molecule has 0 bridgehead atoms. The van der Waals surface area contributed by atoms with Gasteiger partial charge in [0.05, 0.1) is 4.92 Å². The summed E-state index contributed by atoms with van der Waals surface area (Å²) in [6.45, 7) is 2.32. The van der Waals surface area contributed by atoms with E-state index in [4.69, 9.17) is 0 Å². The lowest BCUT2D eigenvalue weighted by Crippen LogP contribution is -2.31. The number of hydrogen-bond acceptors (Lipinski definition) is 6. The fourth-order valence-electron chi connectivity index (χ4n) is 3.48. The van der Waals surface area contributed by atoms with Crippen molar-refractivity contribution in [3.05, 3.63) is 28.1 Å². The van der Waals surface area contributed by atoms with Crippen LogP contribution in [0.25, 0.3) is 0 Å². The predicted molar refractivity (Wildman–Crippen MR) is 94.4 cm³/mol. The van der Waals surface area contributed by atoms with Crippen LogP contribution in [0.15, 0.2) is 18.0 Å². The molecule has 1 N–H and O–H groups in total. The number of hydrogen-bond donors (Lipinski definition) is 1. The summed E-state index contributed by atoms with van der Waals surface area (Å²) in [5.41, 5.74) is 1.46. The molecule has 24 heavy (non-hydrogen) atoms. The van der Waals surface area contributed by atoms with Crippen molar-refractivity contribution in [1.82, 2.24) is 9.97 Å². The fourth-order valence-corrected chi connectivity index (χ4v) is 3.48. The van der Waals surface area contributed by atoms with Gasteiger partial charge in [-0.1, -0.05) is 11.6 Å². The molecule has 1 saturated heterocycles. The summed E-state index contributed by atoms with van der Waals surface area (Å²) in [6, 6.07) is 0. The van der Waals surface area contributed by atoms with Crippen molar-refractivity contribution in [2.45, 2.75) is 51.4 Å². The van der Waals surface area contributed by atoms with E-state index in [1.165, 1.54) is 31.2 Å². The molecular weight excluding hydrogens is 306 g/mol. The highest BCUT2D eigenvalue weighted by molar-refractivity contribution is 5.70. The van der Waals surface area contributed by atoms with Crippen molar-refractivity contribution >= 4 is 17.3 Å². The van der Waals surface area contributed by atoms with Gasteiger partial charge in [-0.05, 0) is 51.4 Å². The number of aromatic nitrogens is 2. The molecule has 0 aromatic carbocycles. The summed E-state index contributed by atoms with van der Waals surface area (Å²) in [7, 11) is 0. The highest BCUT2D eigenvalue weighted by Crippen LogP contribution is 2.33. The van der Waals surface area contributed by atoms with Gasteiger partial charge < -0.3 is 10.2 Å². The largest absolute Gasteiger partial charge is 0.364 e. The van der Waals surface area contributed by atoms with E-state index in [0.29, 0.717) is 18.2 Å². The summed E-state index contributed by atoms with van der Waals surface area (Å²) >= 11 is 0. The zero-order valence-electron chi connectivity index (χ0n) is 14.0. The Labute approximate surface area is 142 Å². The Bertz CT molecular complexity index is 611. The molecule has 0 atom stereocenters. The monoisotopic (exact) mass is 331 g/mol. The van der Waals surface area contributed by atoms with Gasteiger partial charge in [-0.3, -0.25) is 10.1 Å². The van der Waals surface area contributed by atoms with Gasteiger partial charge in [-0.15, -0.1) is 0 Å². The van der Waals surface area contributed by atoms with Crippen LogP contribution < -0.4 is 10.2 Å². The number of nitro groups is 1. The van der Waals surface area contributed by atoms with Gasteiger partial charge in [-0.2, -0.15) is 0 Å². The van der Waals surface area contributed by atoms with Crippen molar-refractivity contribution in [2.75, 3.05) is 29.9 Å². The normalized spacial score (nSPS) is 18.2. The molecule has 7 nitrogen and oxygen atoms in total. The van der Waals surface area contributed by atoms with E-state index in [0.717, 1.165) is 45.2 Å². The van der Waals surface area contributed by atoms with Crippen LogP contribution in [0.5, 0.6) is 0 Å². The Balaban J connectivity index is 1.71. The number of allylic oxidation sites excluding steroid dienone is 1. The third kappa shape index (κ3) is 4.01. The van der Waals surface area contributed by atoms with Crippen LogP contribution in [-0.4, -0.2) is 34.5 Å². The SMILES string of the molecule is O=[N+]([O-])c1c(NCCC2=CCCCC2)ncnc1N1CCCCC1. The van der Waals surface area contributed by atoms with Crippen molar-refractivity contribution in [3.8, 4) is 0 Å². The second kappa shape index (κ2) is 8.08. The number of nitrogens with zero attached hydrogens (tertiary/aromatic N) is 4. The number of piperidine rings is 1. The predicted octanol–water partition coefficient (Wildman–Crippen LogP) is 3.68. The first-order chi connectivity index (χ1) is 11.8. The van der Waals surface area contributed by atoms with Crippen LogP contribution in [0.2, 0.25) is 0 Å². The molecular formula is C17H25N5O2. The number of nitrogens with one attached hydrogen (secondary N) is 1. The van der Waals surface area contributed by atoms with Crippen molar-refractivity contribution in [2.24, 2.45) is 0 Å². The van der Waals surface area contributed by atoms with Gasteiger partial charge in [0.25, 0.3) is 0 Å². The highest BCUT2D eigenvalue weighted by atomic mass is 16.6. The van der Waals surface area contributed by atoms with Gasteiger partial charge in [0.1, 0.15) is 6.33 Å². The maximum atomic E-state index is 11.6. The minimum atomic E-state index is -0.355. The molecule has 2 heterocycles. The molecule has 2 aliphatic rings. The number of rotatable bonds is 6. The molecule has 7 heteroatoms. The molecule has 0 spiro atoms. The van der Waals surface area contributed by atoms with Crippen LogP contribution in [0.4, 0.5) is 17.3 Å². The summed E-state index contributed by atoms with van der Waals surface area (Å²) in [4.78, 5) is 21.6. The van der Waals surface area contributed by atoms with Gasteiger partial charge in [0.2, 0.25) is 11.6 Å². The third-order valence-corrected chi connectivity index (χ3v) is 4.76. The number of anilines is 2.